The van der Waals surface area contributed by atoms with Crippen molar-refractivity contribution in [3.8, 4) is 0 Å². The summed E-state index contributed by atoms with van der Waals surface area (Å²) in [5.41, 5.74) is 6.43. The Labute approximate surface area is 94.2 Å². The van der Waals surface area contributed by atoms with Gasteiger partial charge < -0.3 is 10.6 Å². The Kier molecular flexibility index (Phi) is 3.36. The van der Waals surface area contributed by atoms with Crippen LogP contribution in [0, 0.1) is 11.3 Å². The molecule has 2 nitrogen and oxygen atoms in total. The van der Waals surface area contributed by atoms with Crippen molar-refractivity contribution in [2.45, 2.75) is 52.0 Å². The van der Waals surface area contributed by atoms with Crippen LogP contribution < -0.4 is 5.73 Å². The van der Waals surface area contributed by atoms with Gasteiger partial charge in [0.1, 0.15) is 0 Å². The minimum atomic E-state index is 0.577. The first-order chi connectivity index (χ1) is 7.12. The highest BCUT2D eigenvalue weighted by atomic mass is 15.2. The maximum Gasteiger partial charge on any atom is 0.0136 e. The maximum absolute atomic E-state index is 5.86. The van der Waals surface area contributed by atoms with Crippen molar-refractivity contribution in [2.24, 2.45) is 17.1 Å². The van der Waals surface area contributed by atoms with E-state index >= 15 is 0 Å². The minimum absolute atomic E-state index is 0.577. The summed E-state index contributed by atoms with van der Waals surface area (Å²) >= 11 is 0. The number of nitrogens with two attached hydrogens (primary N) is 1. The van der Waals surface area contributed by atoms with E-state index in [1.807, 2.05) is 0 Å². The van der Waals surface area contributed by atoms with E-state index in [-0.39, 0.29) is 0 Å². The van der Waals surface area contributed by atoms with Gasteiger partial charge in [0.2, 0.25) is 0 Å². The van der Waals surface area contributed by atoms with Crippen molar-refractivity contribution in [1.82, 2.24) is 4.90 Å². The van der Waals surface area contributed by atoms with Gasteiger partial charge in [-0.15, -0.1) is 0 Å². The van der Waals surface area contributed by atoms with Crippen molar-refractivity contribution < 1.29 is 0 Å². The Balaban J connectivity index is 1.89. The zero-order chi connectivity index (χ0) is 10.9. The monoisotopic (exact) mass is 210 g/mol. The summed E-state index contributed by atoms with van der Waals surface area (Å²) in [7, 11) is 0. The SMILES string of the molecule is CC1(C)CCN(C2CCCC2CN)CC1. The standard InChI is InChI=1S/C13H26N2/c1-13(2)6-8-15(9-7-13)12-5-3-4-11(12)10-14/h11-12H,3-10,14H2,1-2H3. The molecule has 88 valence electrons. The van der Waals surface area contributed by atoms with E-state index in [1.165, 1.54) is 45.2 Å². The van der Waals surface area contributed by atoms with Gasteiger partial charge in [-0.2, -0.15) is 0 Å². The van der Waals surface area contributed by atoms with Gasteiger partial charge in [0.05, 0.1) is 0 Å². The third kappa shape index (κ3) is 2.54. The molecule has 1 saturated carbocycles. The molecule has 0 spiro atoms. The van der Waals surface area contributed by atoms with Crippen molar-refractivity contribution in [2.75, 3.05) is 19.6 Å². The molecule has 0 amide bonds. The van der Waals surface area contributed by atoms with Crippen LogP contribution in [0.3, 0.4) is 0 Å². The Morgan fingerprint density at radius 2 is 1.87 bits per heavy atom. The predicted octanol–water partition coefficient (Wildman–Crippen LogP) is 2.24. The molecule has 0 aromatic heterocycles. The Hall–Kier alpha value is -0.0800. The number of hydrogen-bond acceptors (Lipinski definition) is 2. The van der Waals surface area contributed by atoms with Crippen LogP contribution >= 0.6 is 0 Å². The van der Waals surface area contributed by atoms with Gasteiger partial charge in [0.15, 0.2) is 0 Å². The summed E-state index contributed by atoms with van der Waals surface area (Å²) in [5, 5.41) is 0. The minimum Gasteiger partial charge on any atom is -0.330 e. The normalized spacial score (nSPS) is 37.0. The highest BCUT2D eigenvalue weighted by Gasteiger charge is 2.34. The molecule has 0 aromatic rings. The van der Waals surface area contributed by atoms with E-state index in [0.717, 1.165) is 18.5 Å². The molecule has 0 bridgehead atoms. The third-order valence-corrected chi connectivity index (χ3v) is 4.54. The van der Waals surface area contributed by atoms with E-state index in [0.29, 0.717) is 5.41 Å². The number of likely N-dealkylation sites (tertiary alicyclic amines) is 1. The molecule has 2 atom stereocenters. The highest BCUT2D eigenvalue weighted by molar-refractivity contribution is 4.89. The lowest BCUT2D eigenvalue weighted by molar-refractivity contribution is 0.0782. The van der Waals surface area contributed by atoms with Crippen LogP contribution in [-0.2, 0) is 0 Å². The predicted molar refractivity (Wildman–Crippen MR) is 64.8 cm³/mol. The van der Waals surface area contributed by atoms with Crippen LogP contribution in [0.5, 0.6) is 0 Å². The molecule has 0 aromatic carbocycles. The molecule has 1 aliphatic heterocycles. The smallest absolute Gasteiger partial charge is 0.0136 e. The van der Waals surface area contributed by atoms with E-state index in [1.54, 1.807) is 0 Å². The first kappa shape index (κ1) is 11.4. The van der Waals surface area contributed by atoms with Crippen LogP contribution in [0.15, 0.2) is 0 Å². The molecule has 2 fully saturated rings. The zero-order valence-corrected chi connectivity index (χ0v) is 10.3. The van der Waals surface area contributed by atoms with Gasteiger partial charge >= 0.3 is 0 Å². The topological polar surface area (TPSA) is 29.3 Å². The van der Waals surface area contributed by atoms with Gasteiger partial charge in [-0.3, -0.25) is 0 Å². The molecule has 15 heavy (non-hydrogen) atoms. The Morgan fingerprint density at radius 3 is 2.47 bits per heavy atom. The lowest BCUT2D eigenvalue weighted by atomic mass is 9.82. The van der Waals surface area contributed by atoms with Gasteiger partial charge in [0, 0.05) is 6.04 Å². The van der Waals surface area contributed by atoms with Gasteiger partial charge in [-0.25, -0.2) is 0 Å². The lowest BCUT2D eigenvalue weighted by Crippen LogP contribution is -2.46. The van der Waals surface area contributed by atoms with Crippen LogP contribution in [-0.4, -0.2) is 30.6 Å². The Bertz CT molecular complexity index is 203. The quantitative estimate of drug-likeness (QED) is 0.757. The molecule has 2 aliphatic rings. The number of hydrogen-bond donors (Lipinski definition) is 1. The van der Waals surface area contributed by atoms with Crippen LogP contribution in [0.1, 0.15) is 46.0 Å². The summed E-state index contributed by atoms with van der Waals surface area (Å²) in [6.45, 7) is 8.30. The Morgan fingerprint density at radius 1 is 1.20 bits per heavy atom. The largest absolute Gasteiger partial charge is 0.330 e. The first-order valence-electron chi connectivity index (χ1n) is 6.56. The zero-order valence-electron chi connectivity index (χ0n) is 10.3. The molecule has 2 N–H and O–H groups in total. The second-order valence-electron chi connectivity index (χ2n) is 6.19. The molecule has 1 aliphatic carbocycles. The summed E-state index contributed by atoms with van der Waals surface area (Å²) < 4.78 is 0. The average Bonchev–Trinajstić information content (AvgIpc) is 2.65. The van der Waals surface area contributed by atoms with E-state index in [2.05, 4.69) is 18.7 Å². The van der Waals surface area contributed by atoms with Gasteiger partial charge in [-0.1, -0.05) is 20.3 Å². The van der Waals surface area contributed by atoms with E-state index < -0.39 is 0 Å². The second-order valence-corrected chi connectivity index (χ2v) is 6.19. The fourth-order valence-corrected chi connectivity index (χ4v) is 3.23. The molecule has 2 unspecified atom stereocenters. The van der Waals surface area contributed by atoms with Crippen LogP contribution in [0.2, 0.25) is 0 Å². The summed E-state index contributed by atoms with van der Waals surface area (Å²) in [5.74, 6) is 0.784. The van der Waals surface area contributed by atoms with E-state index in [4.69, 9.17) is 5.73 Å². The number of rotatable bonds is 2. The van der Waals surface area contributed by atoms with Crippen molar-refractivity contribution >= 4 is 0 Å². The molecule has 2 heteroatoms. The lowest BCUT2D eigenvalue weighted by Gasteiger charge is -2.41. The highest BCUT2D eigenvalue weighted by Crippen LogP contribution is 2.35. The fraction of sp³-hybridized carbons (Fsp3) is 1.00. The molecule has 1 heterocycles. The average molecular weight is 210 g/mol. The number of nitrogens with zero attached hydrogens (tertiary/aromatic N) is 1. The molecule has 1 saturated heterocycles. The second kappa shape index (κ2) is 4.42. The van der Waals surface area contributed by atoms with Gasteiger partial charge in [-0.05, 0) is 56.7 Å². The third-order valence-electron chi connectivity index (χ3n) is 4.54. The molecule has 0 radical (unpaired) electrons. The number of piperidine rings is 1. The maximum atomic E-state index is 5.86. The van der Waals surface area contributed by atoms with Crippen molar-refractivity contribution in [3.05, 3.63) is 0 Å². The molecule has 2 rings (SSSR count). The van der Waals surface area contributed by atoms with Gasteiger partial charge in [0.25, 0.3) is 0 Å². The molecular weight excluding hydrogens is 184 g/mol. The van der Waals surface area contributed by atoms with E-state index in [9.17, 15) is 0 Å². The summed E-state index contributed by atoms with van der Waals surface area (Å²) in [6, 6.07) is 0.811. The van der Waals surface area contributed by atoms with Crippen molar-refractivity contribution in [1.29, 1.82) is 0 Å². The first-order valence-corrected chi connectivity index (χ1v) is 6.56. The van der Waals surface area contributed by atoms with Crippen LogP contribution in [0.4, 0.5) is 0 Å². The van der Waals surface area contributed by atoms with Crippen molar-refractivity contribution in [3.63, 3.8) is 0 Å². The van der Waals surface area contributed by atoms with Crippen LogP contribution in [0.25, 0.3) is 0 Å². The molecular formula is C13H26N2. The summed E-state index contributed by atoms with van der Waals surface area (Å²) in [6.07, 6.45) is 6.87. The fourth-order valence-electron chi connectivity index (χ4n) is 3.23. The summed E-state index contributed by atoms with van der Waals surface area (Å²) in [4.78, 5) is 2.72.